The first kappa shape index (κ1) is 21.4. The molecule has 1 amide bonds. The van der Waals surface area contributed by atoms with E-state index in [0.29, 0.717) is 17.4 Å². The number of hydrogen-bond donors (Lipinski definition) is 1. The maximum atomic E-state index is 11.9. The van der Waals surface area contributed by atoms with E-state index >= 15 is 0 Å². The molecular formula is C24H23ClN2O3. The Hall–Kier alpha value is -3.31. The summed E-state index contributed by atoms with van der Waals surface area (Å²) in [4.78, 5) is 11.9. The molecule has 0 aliphatic heterocycles. The molecule has 0 aromatic heterocycles. The van der Waals surface area contributed by atoms with Gasteiger partial charge in [0.15, 0.2) is 6.61 Å². The molecule has 0 aliphatic rings. The standard InChI is InChI=1S/C24H23ClN2O3/c1-2-18-7-11-22(12-8-18)30-17-24(28)27-26-15-19-9-13-21(14-10-19)29-16-20-5-3-4-6-23(20)25/h3-15H,2,16-17H2,1H3,(H,27,28)/b26-15+. The highest BCUT2D eigenvalue weighted by molar-refractivity contribution is 6.31. The van der Waals surface area contributed by atoms with Crippen molar-refractivity contribution in [1.29, 1.82) is 0 Å². The van der Waals surface area contributed by atoms with Gasteiger partial charge < -0.3 is 9.47 Å². The first-order valence-corrected chi connectivity index (χ1v) is 10.0. The molecule has 0 heterocycles. The van der Waals surface area contributed by atoms with E-state index in [-0.39, 0.29) is 12.5 Å². The first-order chi connectivity index (χ1) is 14.6. The Morgan fingerprint density at radius 2 is 1.63 bits per heavy atom. The third-order valence-electron chi connectivity index (χ3n) is 4.34. The van der Waals surface area contributed by atoms with E-state index in [4.69, 9.17) is 21.1 Å². The first-order valence-electron chi connectivity index (χ1n) is 9.64. The van der Waals surface area contributed by atoms with Crippen molar-refractivity contribution in [2.45, 2.75) is 20.0 Å². The minimum Gasteiger partial charge on any atom is -0.489 e. The van der Waals surface area contributed by atoms with Crippen molar-refractivity contribution in [3.8, 4) is 11.5 Å². The topological polar surface area (TPSA) is 59.9 Å². The summed E-state index contributed by atoms with van der Waals surface area (Å²) in [5.74, 6) is 1.04. The van der Waals surface area contributed by atoms with E-state index in [2.05, 4.69) is 17.5 Å². The fourth-order valence-corrected chi connectivity index (χ4v) is 2.80. The smallest absolute Gasteiger partial charge is 0.277 e. The number of nitrogens with zero attached hydrogens (tertiary/aromatic N) is 1. The molecule has 6 heteroatoms. The molecule has 0 unspecified atom stereocenters. The van der Waals surface area contributed by atoms with Crippen molar-refractivity contribution in [1.82, 2.24) is 5.43 Å². The monoisotopic (exact) mass is 422 g/mol. The van der Waals surface area contributed by atoms with Crippen molar-refractivity contribution in [2.24, 2.45) is 5.10 Å². The number of carbonyl (C=O) groups is 1. The number of carbonyl (C=O) groups excluding carboxylic acids is 1. The van der Waals surface area contributed by atoms with Crippen LogP contribution in [-0.4, -0.2) is 18.7 Å². The SMILES string of the molecule is CCc1ccc(OCC(=O)N/N=C/c2ccc(OCc3ccccc3Cl)cc2)cc1. The number of hydrogen-bond acceptors (Lipinski definition) is 4. The molecule has 0 saturated heterocycles. The van der Waals surface area contributed by atoms with Crippen molar-refractivity contribution < 1.29 is 14.3 Å². The van der Waals surface area contributed by atoms with Crippen LogP contribution in [0.3, 0.4) is 0 Å². The minimum absolute atomic E-state index is 0.0996. The van der Waals surface area contributed by atoms with Gasteiger partial charge in [0.25, 0.3) is 5.91 Å². The summed E-state index contributed by atoms with van der Waals surface area (Å²) in [6, 6.07) is 22.6. The molecule has 30 heavy (non-hydrogen) atoms. The average Bonchev–Trinajstić information content (AvgIpc) is 2.78. The fraction of sp³-hybridized carbons (Fsp3) is 0.167. The predicted octanol–water partition coefficient (Wildman–Crippen LogP) is 5.01. The highest BCUT2D eigenvalue weighted by atomic mass is 35.5. The molecule has 3 aromatic rings. The molecule has 0 bridgehead atoms. The largest absolute Gasteiger partial charge is 0.489 e. The maximum absolute atomic E-state index is 11.9. The van der Waals surface area contributed by atoms with E-state index in [1.807, 2.05) is 72.8 Å². The number of hydrazone groups is 1. The highest BCUT2D eigenvalue weighted by Gasteiger charge is 2.02. The molecule has 154 valence electrons. The molecule has 0 spiro atoms. The highest BCUT2D eigenvalue weighted by Crippen LogP contribution is 2.18. The summed E-state index contributed by atoms with van der Waals surface area (Å²) in [7, 11) is 0. The lowest BCUT2D eigenvalue weighted by Gasteiger charge is -2.08. The Labute approximate surface area is 181 Å². The van der Waals surface area contributed by atoms with Gasteiger partial charge in [0.05, 0.1) is 6.21 Å². The molecule has 0 aliphatic carbocycles. The van der Waals surface area contributed by atoms with Gasteiger partial charge in [-0.25, -0.2) is 5.43 Å². The molecular weight excluding hydrogens is 400 g/mol. The summed E-state index contributed by atoms with van der Waals surface area (Å²) < 4.78 is 11.2. The molecule has 0 radical (unpaired) electrons. The zero-order valence-electron chi connectivity index (χ0n) is 16.7. The van der Waals surface area contributed by atoms with Crippen LogP contribution in [0.25, 0.3) is 0 Å². The summed E-state index contributed by atoms with van der Waals surface area (Å²) >= 11 is 6.13. The van der Waals surface area contributed by atoms with Gasteiger partial charge in [-0.15, -0.1) is 0 Å². The summed E-state index contributed by atoms with van der Waals surface area (Å²) in [5.41, 5.74) is 5.43. The lowest BCUT2D eigenvalue weighted by atomic mass is 10.2. The second kappa shape index (κ2) is 11.0. The molecule has 0 atom stereocenters. The number of aryl methyl sites for hydroxylation is 1. The number of amides is 1. The number of halogens is 1. The van der Waals surface area contributed by atoms with Gasteiger partial charge in [-0.2, -0.15) is 5.10 Å². The van der Waals surface area contributed by atoms with E-state index in [9.17, 15) is 4.79 Å². The average molecular weight is 423 g/mol. The molecule has 3 aromatic carbocycles. The van der Waals surface area contributed by atoms with Crippen LogP contribution in [0.5, 0.6) is 11.5 Å². The van der Waals surface area contributed by atoms with Crippen molar-refractivity contribution in [3.63, 3.8) is 0 Å². The quantitative estimate of drug-likeness (QED) is 0.389. The Morgan fingerprint density at radius 1 is 0.967 bits per heavy atom. The summed E-state index contributed by atoms with van der Waals surface area (Å²) in [6.07, 6.45) is 2.52. The molecule has 3 rings (SSSR count). The third-order valence-corrected chi connectivity index (χ3v) is 4.71. The molecule has 1 N–H and O–H groups in total. The van der Waals surface area contributed by atoms with Gasteiger partial charge in [0.2, 0.25) is 0 Å². The van der Waals surface area contributed by atoms with Crippen LogP contribution in [0.1, 0.15) is 23.6 Å². The summed E-state index contributed by atoms with van der Waals surface area (Å²) in [6.45, 7) is 2.38. The lowest BCUT2D eigenvalue weighted by molar-refractivity contribution is -0.123. The molecule has 0 fully saturated rings. The Kier molecular flexibility index (Phi) is 7.86. The Morgan fingerprint density at radius 3 is 2.33 bits per heavy atom. The number of rotatable bonds is 9. The second-order valence-corrected chi connectivity index (χ2v) is 6.94. The van der Waals surface area contributed by atoms with E-state index in [1.54, 1.807) is 6.21 Å². The van der Waals surface area contributed by atoms with Crippen molar-refractivity contribution in [3.05, 3.63) is 94.5 Å². The van der Waals surface area contributed by atoms with Crippen molar-refractivity contribution >= 4 is 23.7 Å². The zero-order chi connectivity index (χ0) is 21.2. The van der Waals surface area contributed by atoms with Gasteiger partial charge in [-0.1, -0.05) is 48.9 Å². The predicted molar refractivity (Wildman–Crippen MR) is 119 cm³/mol. The Balaban J connectivity index is 1.42. The van der Waals surface area contributed by atoms with Crippen LogP contribution in [0.4, 0.5) is 0 Å². The van der Waals surface area contributed by atoms with Crippen LogP contribution >= 0.6 is 11.6 Å². The Bertz CT molecular complexity index is 986. The van der Waals surface area contributed by atoms with Gasteiger partial charge in [0, 0.05) is 10.6 Å². The zero-order valence-corrected chi connectivity index (χ0v) is 17.4. The van der Waals surface area contributed by atoms with Crippen molar-refractivity contribution in [2.75, 3.05) is 6.61 Å². The molecule has 0 saturated carbocycles. The number of benzene rings is 3. The lowest BCUT2D eigenvalue weighted by Crippen LogP contribution is -2.24. The third kappa shape index (κ3) is 6.64. The van der Waals surface area contributed by atoms with E-state index < -0.39 is 0 Å². The molecule has 5 nitrogen and oxygen atoms in total. The van der Waals surface area contributed by atoms with Crippen LogP contribution in [0, 0.1) is 0 Å². The van der Waals surface area contributed by atoms with Crippen LogP contribution in [0.15, 0.2) is 77.9 Å². The summed E-state index contributed by atoms with van der Waals surface area (Å²) in [5, 5.41) is 4.63. The van der Waals surface area contributed by atoms with Crippen LogP contribution < -0.4 is 14.9 Å². The number of ether oxygens (including phenoxy) is 2. The maximum Gasteiger partial charge on any atom is 0.277 e. The van der Waals surface area contributed by atoms with Gasteiger partial charge >= 0.3 is 0 Å². The van der Waals surface area contributed by atoms with Crippen LogP contribution in [-0.2, 0) is 17.8 Å². The fourth-order valence-electron chi connectivity index (χ4n) is 2.61. The van der Waals surface area contributed by atoms with E-state index in [1.165, 1.54) is 5.56 Å². The van der Waals surface area contributed by atoms with E-state index in [0.717, 1.165) is 23.3 Å². The van der Waals surface area contributed by atoms with Gasteiger partial charge in [-0.05, 0) is 60.0 Å². The van der Waals surface area contributed by atoms with Gasteiger partial charge in [0.1, 0.15) is 18.1 Å². The number of nitrogens with one attached hydrogen (secondary N) is 1. The van der Waals surface area contributed by atoms with Crippen LogP contribution in [0.2, 0.25) is 5.02 Å². The van der Waals surface area contributed by atoms with Gasteiger partial charge in [-0.3, -0.25) is 4.79 Å². The normalized spacial score (nSPS) is 10.7. The minimum atomic E-state index is -0.328. The second-order valence-electron chi connectivity index (χ2n) is 6.53.